The second-order valence-electron chi connectivity index (χ2n) is 5.06. The number of carbonyl (C=O) groups excluding carboxylic acids is 1. The van der Waals surface area contributed by atoms with Gasteiger partial charge in [0, 0.05) is 12.2 Å². The van der Waals surface area contributed by atoms with Crippen LogP contribution in [0.1, 0.15) is 43.6 Å². The third-order valence-corrected chi connectivity index (χ3v) is 4.07. The van der Waals surface area contributed by atoms with Crippen molar-refractivity contribution >= 4 is 5.91 Å². The van der Waals surface area contributed by atoms with Gasteiger partial charge in [0.1, 0.15) is 5.75 Å². The number of aromatic hydroxyl groups is 1. The molecule has 1 saturated carbocycles. The molecule has 1 aliphatic carbocycles. The molecule has 1 aliphatic rings. The minimum Gasteiger partial charge on any atom is -0.505 e. The van der Waals surface area contributed by atoms with Gasteiger partial charge in [0.25, 0.3) is 5.91 Å². The van der Waals surface area contributed by atoms with Crippen LogP contribution in [0.25, 0.3) is 0 Å². The molecule has 0 aromatic carbocycles. The number of hydrogen-bond acceptors (Lipinski definition) is 3. The topological polar surface area (TPSA) is 62.2 Å². The molecular formula is C14H20N2O2. The Hall–Kier alpha value is -1.58. The molecule has 1 aromatic rings. The van der Waals surface area contributed by atoms with Crippen LogP contribution in [-0.4, -0.2) is 22.0 Å². The van der Waals surface area contributed by atoms with Gasteiger partial charge in [-0.25, -0.2) is 4.98 Å². The molecule has 2 N–H and O–H groups in total. The molecule has 98 valence electrons. The minimum absolute atomic E-state index is 0.0623. The number of nitrogens with zero attached hydrogens (tertiary/aromatic N) is 1. The van der Waals surface area contributed by atoms with Crippen LogP contribution in [0, 0.1) is 11.8 Å². The van der Waals surface area contributed by atoms with Crippen LogP contribution in [-0.2, 0) is 0 Å². The standard InChI is InChI=1S/C14H20N2O2/c1-3-10-6-7-11(9(10)2)16-14(18)13-12(17)5-4-8-15-13/h4-5,8-11,17H,3,6-7H2,1-2H3,(H,16,18). The summed E-state index contributed by atoms with van der Waals surface area (Å²) in [5, 5.41) is 12.6. The van der Waals surface area contributed by atoms with Crippen LogP contribution in [0.4, 0.5) is 0 Å². The fourth-order valence-electron chi connectivity index (χ4n) is 2.84. The van der Waals surface area contributed by atoms with Crippen molar-refractivity contribution in [3.63, 3.8) is 0 Å². The average molecular weight is 248 g/mol. The molecule has 3 atom stereocenters. The Morgan fingerprint density at radius 2 is 2.33 bits per heavy atom. The molecule has 2 rings (SSSR count). The van der Waals surface area contributed by atoms with Gasteiger partial charge >= 0.3 is 0 Å². The van der Waals surface area contributed by atoms with Crippen LogP contribution < -0.4 is 5.32 Å². The monoisotopic (exact) mass is 248 g/mol. The zero-order valence-corrected chi connectivity index (χ0v) is 10.9. The molecule has 4 heteroatoms. The first-order chi connectivity index (χ1) is 8.63. The van der Waals surface area contributed by atoms with Gasteiger partial charge in [0.15, 0.2) is 5.69 Å². The van der Waals surface area contributed by atoms with Gasteiger partial charge in [0.05, 0.1) is 0 Å². The Morgan fingerprint density at radius 3 is 2.94 bits per heavy atom. The molecule has 1 fully saturated rings. The number of nitrogens with one attached hydrogen (secondary N) is 1. The third kappa shape index (κ3) is 2.47. The molecule has 0 aliphatic heterocycles. The van der Waals surface area contributed by atoms with Crippen molar-refractivity contribution in [3.8, 4) is 5.75 Å². The Morgan fingerprint density at radius 1 is 1.56 bits per heavy atom. The lowest BCUT2D eigenvalue weighted by atomic mass is 9.93. The van der Waals surface area contributed by atoms with E-state index in [1.165, 1.54) is 12.3 Å². The summed E-state index contributed by atoms with van der Waals surface area (Å²) in [6.07, 6.45) is 4.85. The van der Waals surface area contributed by atoms with Gasteiger partial charge in [0.2, 0.25) is 0 Å². The van der Waals surface area contributed by atoms with Crippen molar-refractivity contribution in [2.75, 3.05) is 0 Å². The first-order valence-corrected chi connectivity index (χ1v) is 6.58. The normalized spacial score (nSPS) is 27.1. The summed E-state index contributed by atoms with van der Waals surface area (Å²) in [6, 6.07) is 3.29. The van der Waals surface area contributed by atoms with Crippen LogP contribution >= 0.6 is 0 Å². The van der Waals surface area contributed by atoms with Crippen LogP contribution in [0.15, 0.2) is 18.3 Å². The highest BCUT2D eigenvalue weighted by Gasteiger charge is 2.33. The summed E-state index contributed by atoms with van der Waals surface area (Å²) in [6.45, 7) is 4.38. The maximum Gasteiger partial charge on any atom is 0.273 e. The van der Waals surface area contributed by atoms with Crippen molar-refractivity contribution < 1.29 is 9.90 Å². The number of pyridine rings is 1. The van der Waals surface area contributed by atoms with E-state index < -0.39 is 0 Å². The van der Waals surface area contributed by atoms with E-state index in [-0.39, 0.29) is 23.4 Å². The van der Waals surface area contributed by atoms with E-state index in [0.29, 0.717) is 11.8 Å². The molecule has 4 nitrogen and oxygen atoms in total. The summed E-state index contributed by atoms with van der Waals surface area (Å²) >= 11 is 0. The smallest absolute Gasteiger partial charge is 0.273 e. The van der Waals surface area contributed by atoms with Crippen molar-refractivity contribution in [3.05, 3.63) is 24.0 Å². The maximum absolute atomic E-state index is 12.0. The first kappa shape index (κ1) is 12.9. The van der Waals surface area contributed by atoms with Gasteiger partial charge in [-0.05, 0) is 36.8 Å². The van der Waals surface area contributed by atoms with E-state index in [1.807, 2.05) is 0 Å². The molecule has 3 unspecified atom stereocenters. The van der Waals surface area contributed by atoms with E-state index in [0.717, 1.165) is 19.3 Å². The third-order valence-electron chi connectivity index (χ3n) is 4.07. The lowest BCUT2D eigenvalue weighted by Gasteiger charge is -2.20. The molecule has 18 heavy (non-hydrogen) atoms. The molecule has 0 bridgehead atoms. The van der Waals surface area contributed by atoms with Gasteiger partial charge in [-0.3, -0.25) is 4.79 Å². The maximum atomic E-state index is 12.0. The summed E-state index contributed by atoms with van der Waals surface area (Å²) in [7, 11) is 0. The van der Waals surface area contributed by atoms with Crippen molar-refractivity contribution in [1.29, 1.82) is 0 Å². The number of hydrogen-bond donors (Lipinski definition) is 2. The summed E-state index contributed by atoms with van der Waals surface area (Å²) in [4.78, 5) is 16.0. The Bertz CT molecular complexity index is 434. The fraction of sp³-hybridized carbons (Fsp3) is 0.571. The highest BCUT2D eigenvalue weighted by molar-refractivity contribution is 5.94. The zero-order chi connectivity index (χ0) is 13.1. The van der Waals surface area contributed by atoms with E-state index in [4.69, 9.17) is 0 Å². The number of rotatable bonds is 3. The lowest BCUT2D eigenvalue weighted by Crippen LogP contribution is -2.37. The van der Waals surface area contributed by atoms with Gasteiger partial charge < -0.3 is 10.4 Å². The zero-order valence-electron chi connectivity index (χ0n) is 10.9. The highest BCUT2D eigenvalue weighted by Crippen LogP contribution is 2.34. The first-order valence-electron chi connectivity index (χ1n) is 6.58. The Labute approximate surface area is 107 Å². The van der Waals surface area contributed by atoms with E-state index in [1.54, 1.807) is 6.07 Å². The van der Waals surface area contributed by atoms with Gasteiger partial charge in [-0.2, -0.15) is 0 Å². The van der Waals surface area contributed by atoms with Gasteiger partial charge in [-0.1, -0.05) is 20.3 Å². The molecule has 0 saturated heterocycles. The Kier molecular flexibility index (Phi) is 3.84. The lowest BCUT2D eigenvalue weighted by molar-refractivity contribution is 0.0918. The van der Waals surface area contributed by atoms with E-state index in [2.05, 4.69) is 24.1 Å². The molecule has 1 heterocycles. The average Bonchev–Trinajstić information content (AvgIpc) is 2.71. The number of aromatic nitrogens is 1. The van der Waals surface area contributed by atoms with Crippen LogP contribution in [0.2, 0.25) is 0 Å². The Balaban J connectivity index is 2.03. The van der Waals surface area contributed by atoms with Gasteiger partial charge in [-0.15, -0.1) is 0 Å². The van der Waals surface area contributed by atoms with Crippen LogP contribution in [0.5, 0.6) is 5.75 Å². The largest absolute Gasteiger partial charge is 0.505 e. The summed E-state index contributed by atoms with van der Waals surface area (Å²) in [5.74, 6) is 0.840. The minimum atomic E-state index is -0.276. The molecule has 1 aromatic heterocycles. The second-order valence-corrected chi connectivity index (χ2v) is 5.06. The SMILES string of the molecule is CCC1CCC(NC(=O)c2ncccc2O)C1C. The number of carbonyl (C=O) groups is 1. The predicted molar refractivity (Wildman–Crippen MR) is 69.3 cm³/mol. The van der Waals surface area contributed by atoms with Crippen LogP contribution in [0.3, 0.4) is 0 Å². The van der Waals surface area contributed by atoms with Crippen molar-refractivity contribution in [2.45, 2.75) is 39.2 Å². The molecular weight excluding hydrogens is 228 g/mol. The van der Waals surface area contributed by atoms with Crippen molar-refractivity contribution in [2.24, 2.45) is 11.8 Å². The molecule has 0 spiro atoms. The molecule has 0 radical (unpaired) electrons. The molecule has 1 amide bonds. The van der Waals surface area contributed by atoms with E-state index >= 15 is 0 Å². The number of amides is 1. The summed E-state index contributed by atoms with van der Waals surface area (Å²) in [5.41, 5.74) is 0.115. The second kappa shape index (κ2) is 5.38. The van der Waals surface area contributed by atoms with Crippen molar-refractivity contribution in [1.82, 2.24) is 10.3 Å². The fourth-order valence-corrected chi connectivity index (χ4v) is 2.84. The predicted octanol–water partition coefficient (Wildman–Crippen LogP) is 2.34. The van der Waals surface area contributed by atoms with E-state index in [9.17, 15) is 9.90 Å². The highest BCUT2D eigenvalue weighted by atomic mass is 16.3. The summed E-state index contributed by atoms with van der Waals surface area (Å²) < 4.78 is 0. The quantitative estimate of drug-likeness (QED) is 0.863.